The molecular formula is C14H18ClNO4. The fourth-order valence-corrected chi connectivity index (χ4v) is 2.21. The molecule has 0 spiro atoms. The Labute approximate surface area is 123 Å². The number of hydrogen-bond donors (Lipinski definition) is 1. The van der Waals surface area contributed by atoms with E-state index in [9.17, 15) is 4.79 Å². The fourth-order valence-electron chi connectivity index (χ4n) is 2.03. The van der Waals surface area contributed by atoms with Gasteiger partial charge in [0.05, 0.1) is 32.3 Å². The van der Waals surface area contributed by atoms with Crippen molar-refractivity contribution < 1.29 is 19.4 Å². The van der Waals surface area contributed by atoms with E-state index >= 15 is 0 Å². The van der Waals surface area contributed by atoms with E-state index < -0.39 is 0 Å². The van der Waals surface area contributed by atoms with E-state index in [2.05, 4.69) is 0 Å². The number of aliphatic hydroxyl groups excluding tert-OH is 1. The summed E-state index contributed by atoms with van der Waals surface area (Å²) in [6.45, 7) is 1.70. The van der Waals surface area contributed by atoms with Crippen molar-refractivity contribution in [3.05, 3.63) is 29.3 Å². The predicted octanol–water partition coefficient (Wildman–Crippen LogP) is 1.33. The minimum Gasteiger partial charge on any atom is -0.493 e. The molecule has 0 radical (unpaired) electrons. The van der Waals surface area contributed by atoms with Crippen molar-refractivity contribution in [2.75, 3.05) is 32.9 Å². The smallest absolute Gasteiger partial charge is 0.226 e. The molecule has 20 heavy (non-hydrogen) atoms. The Morgan fingerprint density at radius 1 is 1.55 bits per heavy atom. The average Bonchev–Trinajstić information content (AvgIpc) is 2.47. The number of aliphatic hydroxyl groups is 1. The Morgan fingerprint density at radius 3 is 3.15 bits per heavy atom. The lowest BCUT2D eigenvalue weighted by Gasteiger charge is -2.32. The number of rotatable bonds is 5. The average molecular weight is 300 g/mol. The van der Waals surface area contributed by atoms with Gasteiger partial charge in [-0.05, 0) is 18.2 Å². The predicted molar refractivity (Wildman–Crippen MR) is 75.0 cm³/mol. The molecule has 1 saturated heterocycles. The van der Waals surface area contributed by atoms with E-state index in [0.29, 0.717) is 43.5 Å². The number of carbonyl (C=O) groups excluding carboxylic acids is 1. The summed E-state index contributed by atoms with van der Waals surface area (Å²) in [4.78, 5) is 13.7. The van der Waals surface area contributed by atoms with Gasteiger partial charge in [-0.15, -0.1) is 0 Å². The summed E-state index contributed by atoms with van der Waals surface area (Å²) in [5.41, 5.74) is 0. The summed E-state index contributed by atoms with van der Waals surface area (Å²) >= 11 is 5.85. The number of morpholine rings is 1. The molecule has 0 bridgehead atoms. The molecule has 1 aliphatic rings. The van der Waals surface area contributed by atoms with E-state index in [0.717, 1.165) is 0 Å². The molecule has 5 nitrogen and oxygen atoms in total. The Hall–Kier alpha value is -1.30. The molecule has 1 amide bonds. The molecule has 1 unspecified atom stereocenters. The second-order valence-electron chi connectivity index (χ2n) is 4.57. The Balaban J connectivity index is 1.75. The highest BCUT2D eigenvalue weighted by atomic mass is 35.5. The van der Waals surface area contributed by atoms with Crippen LogP contribution in [0, 0.1) is 0 Å². The van der Waals surface area contributed by atoms with Gasteiger partial charge in [-0.25, -0.2) is 0 Å². The van der Waals surface area contributed by atoms with Crippen molar-refractivity contribution in [2.24, 2.45) is 0 Å². The highest BCUT2D eigenvalue weighted by Crippen LogP contribution is 2.17. The minimum atomic E-state index is -0.276. The van der Waals surface area contributed by atoms with Crippen LogP contribution in [0.2, 0.25) is 5.02 Å². The van der Waals surface area contributed by atoms with Crippen LogP contribution in [0.15, 0.2) is 24.3 Å². The molecule has 110 valence electrons. The van der Waals surface area contributed by atoms with Gasteiger partial charge in [-0.3, -0.25) is 4.79 Å². The van der Waals surface area contributed by atoms with Crippen molar-refractivity contribution >= 4 is 17.5 Å². The molecule has 1 aromatic rings. The topological polar surface area (TPSA) is 59.0 Å². The molecule has 1 aliphatic heterocycles. The molecular weight excluding hydrogens is 282 g/mol. The first-order valence-corrected chi connectivity index (χ1v) is 6.95. The molecule has 0 aliphatic carbocycles. The van der Waals surface area contributed by atoms with Crippen molar-refractivity contribution in [2.45, 2.75) is 12.5 Å². The Kier molecular flexibility index (Phi) is 5.64. The van der Waals surface area contributed by atoms with Gasteiger partial charge in [0.25, 0.3) is 0 Å². The third-order valence-corrected chi connectivity index (χ3v) is 3.31. The van der Waals surface area contributed by atoms with Gasteiger partial charge in [0.1, 0.15) is 5.75 Å². The second kappa shape index (κ2) is 7.47. The van der Waals surface area contributed by atoms with Gasteiger partial charge in [-0.1, -0.05) is 17.7 Å². The molecule has 6 heteroatoms. The van der Waals surface area contributed by atoms with Gasteiger partial charge in [0, 0.05) is 18.1 Å². The number of halogens is 1. The maximum atomic E-state index is 12.0. The number of ether oxygens (including phenoxy) is 2. The molecule has 1 heterocycles. The summed E-state index contributed by atoms with van der Waals surface area (Å²) in [6.07, 6.45) is 0.0199. The monoisotopic (exact) mass is 299 g/mol. The minimum absolute atomic E-state index is 0.00813. The van der Waals surface area contributed by atoms with Crippen LogP contribution in [0.5, 0.6) is 5.75 Å². The number of nitrogens with zero attached hydrogens (tertiary/aromatic N) is 1. The van der Waals surface area contributed by atoms with E-state index in [1.54, 1.807) is 29.2 Å². The van der Waals surface area contributed by atoms with Crippen molar-refractivity contribution in [1.82, 2.24) is 4.90 Å². The highest BCUT2D eigenvalue weighted by Gasteiger charge is 2.23. The van der Waals surface area contributed by atoms with Gasteiger partial charge in [0.15, 0.2) is 0 Å². The zero-order valence-corrected chi connectivity index (χ0v) is 11.9. The maximum Gasteiger partial charge on any atom is 0.226 e. The highest BCUT2D eigenvalue weighted by molar-refractivity contribution is 6.30. The molecule has 2 rings (SSSR count). The van der Waals surface area contributed by atoms with Crippen LogP contribution in [0.3, 0.4) is 0 Å². The molecule has 1 N–H and O–H groups in total. The van der Waals surface area contributed by atoms with Crippen LogP contribution in [0.4, 0.5) is 0 Å². The Bertz CT molecular complexity index is 455. The first-order chi connectivity index (χ1) is 9.69. The quantitative estimate of drug-likeness (QED) is 0.891. The van der Waals surface area contributed by atoms with E-state index in [-0.39, 0.29) is 18.6 Å². The van der Waals surface area contributed by atoms with Crippen LogP contribution >= 0.6 is 11.6 Å². The van der Waals surface area contributed by atoms with Gasteiger partial charge in [-0.2, -0.15) is 0 Å². The third kappa shape index (κ3) is 4.37. The standard InChI is InChI=1S/C14H18ClNO4/c15-11-2-1-3-12(8-11)19-6-4-14(18)16-5-7-20-13(9-16)10-17/h1-3,8,13,17H,4-7,9-10H2. The third-order valence-electron chi connectivity index (χ3n) is 3.08. The molecule has 1 aromatic carbocycles. The van der Waals surface area contributed by atoms with Crippen molar-refractivity contribution in [3.8, 4) is 5.75 Å². The normalized spacial score (nSPS) is 18.9. The summed E-state index contributed by atoms with van der Waals surface area (Å²) < 4.78 is 10.8. The zero-order valence-electron chi connectivity index (χ0n) is 11.1. The second-order valence-corrected chi connectivity index (χ2v) is 5.01. The van der Waals surface area contributed by atoms with Gasteiger partial charge >= 0.3 is 0 Å². The first-order valence-electron chi connectivity index (χ1n) is 6.57. The lowest BCUT2D eigenvalue weighted by molar-refractivity contribution is -0.140. The van der Waals surface area contributed by atoms with E-state index in [1.165, 1.54) is 0 Å². The maximum absolute atomic E-state index is 12.0. The van der Waals surface area contributed by atoms with E-state index in [4.69, 9.17) is 26.2 Å². The Morgan fingerprint density at radius 2 is 2.40 bits per heavy atom. The summed E-state index contributed by atoms with van der Waals surface area (Å²) in [5, 5.41) is 9.65. The zero-order chi connectivity index (χ0) is 14.4. The largest absolute Gasteiger partial charge is 0.493 e. The van der Waals surface area contributed by atoms with Gasteiger partial charge in [0.2, 0.25) is 5.91 Å². The van der Waals surface area contributed by atoms with E-state index in [1.807, 2.05) is 0 Å². The molecule has 1 atom stereocenters. The van der Waals surface area contributed by atoms with Crippen LogP contribution in [0.25, 0.3) is 0 Å². The molecule has 1 fully saturated rings. The first kappa shape index (κ1) is 15.1. The van der Waals surface area contributed by atoms with Crippen LogP contribution in [-0.4, -0.2) is 54.9 Å². The molecule has 0 aromatic heterocycles. The number of benzene rings is 1. The number of hydrogen-bond acceptors (Lipinski definition) is 4. The summed E-state index contributed by atoms with van der Waals surface area (Å²) in [7, 11) is 0. The van der Waals surface area contributed by atoms with Crippen LogP contribution in [0.1, 0.15) is 6.42 Å². The lowest BCUT2D eigenvalue weighted by Crippen LogP contribution is -2.47. The SMILES string of the molecule is O=C(CCOc1cccc(Cl)c1)N1CCOC(CO)C1. The summed E-state index contributed by atoms with van der Waals surface area (Å²) in [5.74, 6) is 0.661. The van der Waals surface area contributed by atoms with Crippen molar-refractivity contribution in [1.29, 1.82) is 0 Å². The summed E-state index contributed by atoms with van der Waals surface area (Å²) in [6, 6.07) is 7.07. The lowest BCUT2D eigenvalue weighted by atomic mass is 10.2. The molecule has 0 saturated carbocycles. The number of amides is 1. The fraction of sp³-hybridized carbons (Fsp3) is 0.500. The van der Waals surface area contributed by atoms with Crippen LogP contribution in [-0.2, 0) is 9.53 Å². The van der Waals surface area contributed by atoms with Crippen molar-refractivity contribution in [3.63, 3.8) is 0 Å². The number of carbonyl (C=O) groups is 1. The van der Waals surface area contributed by atoms with Gasteiger partial charge < -0.3 is 19.5 Å². The van der Waals surface area contributed by atoms with Crippen LogP contribution < -0.4 is 4.74 Å².